The molecule has 22 heavy (non-hydrogen) atoms. The maximum Gasteiger partial charge on any atom is 2.00 e. The van der Waals surface area contributed by atoms with E-state index in [1.54, 1.807) is 12.1 Å². The molecule has 0 amide bonds. The molecule has 4 nitrogen and oxygen atoms in total. The number of aromatic hydroxyl groups is 1. The predicted molar refractivity (Wildman–Crippen MR) is 89.6 cm³/mol. The molecule has 0 bridgehead atoms. The second-order valence-electron chi connectivity index (χ2n) is 7.49. The van der Waals surface area contributed by atoms with Gasteiger partial charge in [-0.3, -0.25) is 0 Å². The number of phenols is 1. The van der Waals surface area contributed by atoms with Crippen LogP contribution in [0, 0.1) is 0 Å². The Hall–Kier alpha value is 0.430. The van der Waals surface area contributed by atoms with Crippen molar-refractivity contribution in [1.82, 2.24) is 0 Å². The van der Waals surface area contributed by atoms with Gasteiger partial charge in [0.15, 0.2) is 0 Å². The Morgan fingerprint density at radius 1 is 1.09 bits per heavy atom. The van der Waals surface area contributed by atoms with Crippen LogP contribution in [0.4, 0.5) is 0 Å². The van der Waals surface area contributed by atoms with Gasteiger partial charge in [-0.15, -0.1) is 0 Å². The summed E-state index contributed by atoms with van der Waals surface area (Å²) in [4.78, 5) is 11.7. The normalized spacial score (nSPS) is 15.1. The van der Waals surface area contributed by atoms with E-state index in [1.807, 2.05) is 41.5 Å². The fraction of sp³-hybridized carbons (Fsp3) is 0.625. The van der Waals surface area contributed by atoms with Crippen molar-refractivity contribution >= 4 is 45.3 Å². The second-order valence-corrected chi connectivity index (χ2v) is 9.39. The first-order chi connectivity index (χ1) is 9.28. The van der Waals surface area contributed by atoms with Crippen molar-refractivity contribution in [3.05, 3.63) is 28.8 Å². The van der Waals surface area contributed by atoms with Crippen molar-refractivity contribution in [2.75, 3.05) is 7.11 Å². The molecule has 0 heterocycles. The van der Waals surface area contributed by atoms with Gasteiger partial charge in [0.05, 0.1) is 0 Å². The summed E-state index contributed by atoms with van der Waals surface area (Å²) in [7, 11) is -2.72. The van der Waals surface area contributed by atoms with Crippen molar-refractivity contribution in [2.45, 2.75) is 58.5 Å². The van der Waals surface area contributed by atoms with Crippen LogP contribution in [0.1, 0.15) is 58.2 Å². The molecule has 0 aliphatic heterocycles. The van der Waals surface area contributed by atoms with Crippen LogP contribution >= 0.6 is 7.60 Å². The van der Waals surface area contributed by atoms with E-state index in [0.717, 1.165) is 11.1 Å². The van der Waals surface area contributed by atoms with E-state index in [1.165, 1.54) is 7.11 Å². The van der Waals surface area contributed by atoms with Gasteiger partial charge in [0.1, 0.15) is 13.3 Å². The Labute approximate surface area is 163 Å². The van der Waals surface area contributed by atoms with Crippen molar-refractivity contribution < 1.29 is 19.1 Å². The Morgan fingerprint density at radius 3 is 1.73 bits per heavy atom. The first kappa shape index (κ1) is 22.4. The Balaban J connectivity index is 0.00000441. The number of benzene rings is 1. The molecule has 0 saturated heterocycles. The van der Waals surface area contributed by atoms with E-state index in [-0.39, 0.29) is 60.5 Å². The monoisotopic (exact) mass is 353 g/mol. The van der Waals surface area contributed by atoms with Gasteiger partial charge in [0.25, 0.3) is 0 Å². The summed E-state index contributed by atoms with van der Waals surface area (Å²) < 4.78 is 16.3. The molecule has 1 rings (SSSR count). The molecule has 1 N–H and O–H groups in total. The molecule has 0 spiro atoms. The molecule has 0 fully saturated rings. The second kappa shape index (κ2) is 7.55. The smallest absolute Gasteiger partial charge is 0.778 e. The fourth-order valence-electron chi connectivity index (χ4n) is 2.22. The average Bonchev–Trinajstić information content (AvgIpc) is 2.28. The summed E-state index contributed by atoms with van der Waals surface area (Å²) in [6, 6.07) is 3.52. The predicted octanol–water partition coefficient (Wildman–Crippen LogP) is 3.31. The largest absolute Gasteiger partial charge is 2.00 e. The van der Waals surface area contributed by atoms with E-state index in [9.17, 15) is 14.6 Å². The van der Waals surface area contributed by atoms with Gasteiger partial charge < -0.3 is 19.1 Å². The van der Waals surface area contributed by atoms with E-state index in [4.69, 9.17) is 0 Å². The average molecular weight is 353 g/mol. The van der Waals surface area contributed by atoms with Crippen LogP contribution in [-0.2, 0) is 26.1 Å². The first-order valence-electron chi connectivity index (χ1n) is 7.00. The Kier molecular flexibility index (Phi) is 7.69. The zero-order valence-corrected chi connectivity index (χ0v) is 17.8. The molecule has 1 aromatic rings. The van der Waals surface area contributed by atoms with Crippen LogP contribution in [0.5, 0.6) is 5.75 Å². The van der Waals surface area contributed by atoms with Gasteiger partial charge in [-0.1, -0.05) is 53.7 Å². The molecular formula is C16H26CaO4P+. The zero-order chi connectivity index (χ0) is 16.6. The summed E-state index contributed by atoms with van der Waals surface area (Å²) >= 11 is 0. The summed E-state index contributed by atoms with van der Waals surface area (Å²) in [5.74, 6) is 0.247. The summed E-state index contributed by atoms with van der Waals surface area (Å²) in [6.45, 7) is 11.9. The number of rotatable bonds is 3. The quantitative estimate of drug-likeness (QED) is 0.669. The molecule has 120 valence electrons. The minimum Gasteiger partial charge on any atom is -0.778 e. The zero-order valence-electron chi connectivity index (χ0n) is 14.7. The molecule has 0 aliphatic rings. The minimum atomic E-state index is -3.89. The van der Waals surface area contributed by atoms with Gasteiger partial charge in [-0.2, -0.15) is 0 Å². The van der Waals surface area contributed by atoms with E-state index < -0.39 is 7.60 Å². The van der Waals surface area contributed by atoms with Crippen LogP contribution in [-0.4, -0.2) is 50.0 Å². The fourth-order valence-corrected chi connectivity index (χ4v) is 2.98. The van der Waals surface area contributed by atoms with Crippen LogP contribution in [0.3, 0.4) is 0 Å². The Bertz CT molecular complexity index is 535. The SMILES string of the molecule is COP(=O)([O-])Cc1cc(C(C)(C)C)c(O)c(C(C)(C)C)c1.[Ca+2]. The molecule has 0 saturated carbocycles. The van der Waals surface area contributed by atoms with Gasteiger partial charge in [-0.25, -0.2) is 0 Å². The molecule has 6 heteroatoms. The van der Waals surface area contributed by atoms with Crippen molar-refractivity contribution in [2.24, 2.45) is 0 Å². The molecule has 0 radical (unpaired) electrons. The maximum atomic E-state index is 11.7. The van der Waals surface area contributed by atoms with Crippen LogP contribution in [0.25, 0.3) is 0 Å². The third kappa shape index (κ3) is 5.81. The van der Waals surface area contributed by atoms with Gasteiger partial charge in [-0.05, 0) is 27.5 Å². The Morgan fingerprint density at radius 2 is 1.45 bits per heavy atom. The molecule has 1 unspecified atom stereocenters. The summed E-state index contributed by atoms with van der Waals surface area (Å²) in [5.41, 5.74) is 1.59. The number of phenolic OH excluding ortho intramolecular Hbond substituents is 1. The maximum absolute atomic E-state index is 11.7. The summed E-state index contributed by atoms with van der Waals surface area (Å²) in [6.07, 6.45) is -0.171. The summed E-state index contributed by atoms with van der Waals surface area (Å²) in [5, 5.41) is 10.6. The van der Waals surface area contributed by atoms with Crippen LogP contribution in [0.15, 0.2) is 12.1 Å². The van der Waals surface area contributed by atoms with E-state index in [2.05, 4.69) is 4.52 Å². The molecule has 1 aromatic carbocycles. The molecular weight excluding hydrogens is 327 g/mol. The van der Waals surface area contributed by atoms with Crippen LogP contribution in [0.2, 0.25) is 0 Å². The van der Waals surface area contributed by atoms with Gasteiger partial charge >= 0.3 is 37.7 Å². The van der Waals surface area contributed by atoms with Crippen molar-refractivity contribution in [3.63, 3.8) is 0 Å². The first-order valence-corrected chi connectivity index (χ1v) is 8.73. The third-order valence-electron chi connectivity index (χ3n) is 3.44. The van der Waals surface area contributed by atoms with E-state index >= 15 is 0 Å². The van der Waals surface area contributed by atoms with Gasteiger partial charge in [0.2, 0.25) is 0 Å². The van der Waals surface area contributed by atoms with E-state index in [0.29, 0.717) is 5.56 Å². The number of hydrogen-bond acceptors (Lipinski definition) is 4. The van der Waals surface area contributed by atoms with Crippen molar-refractivity contribution in [1.29, 1.82) is 0 Å². The van der Waals surface area contributed by atoms with Crippen molar-refractivity contribution in [3.8, 4) is 5.75 Å². The minimum absolute atomic E-state index is 0. The van der Waals surface area contributed by atoms with Gasteiger partial charge in [0, 0.05) is 13.3 Å². The standard InChI is InChI=1S/C16H27O4P.Ca/c1-15(2,3)12-8-11(10-21(18,19)20-7)9-13(14(12)17)16(4,5)6;/h8-9,17H,10H2,1-7H3,(H,18,19);/q;+2/p-1. The molecule has 1 atom stereocenters. The van der Waals surface area contributed by atoms with Crippen LogP contribution < -0.4 is 4.89 Å². The third-order valence-corrected chi connectivity index (χ3v) is 4.75. The molecule has 0 aromatic heterocycles. The topological polar surface area (TPSA) is 69.6 Å². The number of hydrogen-bond donors (Lipinski definition) is 1. The molecule has 0 aliphatic carbocycles.